The molecule has 5 rings (SSSR count). The van der Waals surface area contributed by atoms with Crippen molar-refractivity contribution < 1.29 is 31.9 Å². The van der Waals surface area contributed by atoms with E-state index in [0.29, 0.717) is 0 Å². The third kappa shape index (κ3) is 5.71. The van der Waals surface area contributed by atoms with Crippen LogP contribution in [-0.4, -0.2) is 81.7 Å². The maximum absolute atomic E-state index is 15.9. The van der Waals surface area contributed by atoms with E-state index in [1.54, 1.807) is 0 Å². The molecule has 45 heavy (non-hydrogen) atoms. The topological polar surface area (TPSA) is 182 Å². The Labute approximate surface area is 255 Å². The van der Waals surface area contributed by atoms with Gasteiger partial charge in [0.15, 0.2) is 21.3 Å². The van der Waals surface area contributed by atoms with Crippen LogP contribution < -0.4 is 16.3 Å². The van der Waals surface area contributed by atoms with Crippen molar-refractivity contribution in [1.29, 1.82) is 0 Å². The molecule has 4 heterocycles. The number of sulfone groups is 1. The molecule has 1 aromatic carbocycles. The van der Waals surface area contributed by atoms with Crippen LogP contribution in [0.3, 0.4) is 0 Å². The number of phenolic OH excluding ortho intramolecular Hbond substituents is 1. The largest absolute Gasteiger partial charge is 0.507 e. The number of phenols is 1. The van der Waals surface area contributed by atoms with Crippen LogP contribution in [0.15, 0.2) is 58.9 Å². The maximum atomic E-state index is 15.9. The fraction of sp³-hybridized carbons (Fsp3) is 0.241. The number of benzene rings is 1. The van der Waals surface area contributed by atoms with Crippen molar-refractivity contribution in [3.05, 3.63) is 77.0 Å². The maximum Gasteiger partial charge on any atom is 0.355 e. The molecule has 4 aromatic rings. The Morgan fingerprint density at radius 1 is 1.18 bits per heavy atom. The van der Waals surface area contributed by atoms with Crippen molar-refractivity contribution >= 4 is 38.5 Å². The number of nitrogens with zero attached hydrogens (tertiary/aromatic N) is 6. The number of piperazine rings is 1. The van der Waals surface area contributed by atoms with Gasteiger partial charge in [0, 0.05) is 38.5 Å². The zero-order chi connectivity index (χ0) is 32.8. The lowest BCUT2D eigenvalue weighted by Gasteiger charge is -2.41. The number of aromatic hydroxyl groups is 1. The van der Waals surface area contributed by atoms with Gasteiger partial charge in [0.25, 0.3) is 0 Å². The van der Waals surface area contributed by atoms with Crippen molar-refractivity contribution in [3.8, 4) is 22.7 Å². The standard InChI is InChI=1S/C29H27F2N7O6S/c1-4-23(41)36-10-11-37(16(14-36)12-22(32)40)27-17-13-19(31)25(24-18(30)6-5-7-20(24)39)34-28(17)38(29(42)35-27)26-15(2)33-9-8-21(26)45(3,43)44/h4-9,13,16,39H,1,10-12,14H2,2-3H3,(H2,32,40). The second kappa shape index (κ2) is 11.7. The van der Waals surface area contributed by atoms with Crippen LogP contribution in [0, 0.1) is 18.6 Å². The van der Waals surface area contributed by atoms with Gasteiger partial charge in [0.2, 0.25) is 11.8 Å². The van der Waals surface area contributed by atoms with Crippen molar-refractivity contribution in [2.75, 3.05) is 30.8 Å². The average Bonchev–Trinajstić information content (AvgIpc) is 2.96. The summed E-state index contributed by atoms with van der Waals surface area (Å²) < 4.78 is 57.3. The summed E-state index contributed by atoms with van der Waals surface area (Å²) in [6.45, 7) is 5.05. The molecular weight excluding hydrogens is 612 g/mol. The number of amides is 2. The van der Waals surface area contributed by atoms with Crippen molar-refractivity contribution in [2.45, 2.75) is 24.3 Å². The monoisotopic (exact) mass is 639 g/mol. The molecule has 0 saturated carbocycles. The summed E-state index contributed by atoms with van der Waals surface area (Å²) in [4.78, 5) is 53.6. The van der Waals surface area contributed by atoms with Gasteiger partial charge in [-0.2, -0.15) is 4.98 Å². The molecule has 2 amide bonds. The molecule has 3 aromatic heterocycles. The fourth-order valence-corrected chi connectivity index (χ4v) is 6.32. The third-order valence-electron chi connectivity index (χ3n) is 7.40. The molecule has 1 aliphatic heterocycles. The first-order chi connectivity index (χ1) is 21.2. The molecule has 1 saturated heterocycles. The van der Waals surface area contributed by atoms with Gasteiger partial charge in [0.05, 0.1) is 33.3 Å². The fourth-order valence-electron chi connectivity index (χ4n) is 5.43. The van der Waals surface area contributed by atoms with Gasteiger partial charge in [-0.3, -0.25) is 14.6 Å². The van der Waals surface area contributed by atoms with Crippen molar-refractivity contribution in [1.82, 2.24) is 24.4 Å². The van der Waals surface area contributed by atoms with Crippen molar-refractivity contribution in [3.63, 3.8) is 0 Å². The second-order valence-electron chi connectivity index (χ2n) is 10.4. The van der Waals surface area contributed by atoms with Crippen LogP contribution in [-0.2, 0) is 19.4 Å². The number of anilines is 1. The number of hydrogen-bond donors (Lipinski definition) is 2. The lowest BCUT2D eigenvalue weighted by molar-refractivity contribution is -0.127. The van der Waals surface area contributed by atoms with Gasteiger partial charge in [-0.25, -0.2) is 31.5 Å². The number of carbonyl (C=O) groups is 2. The predicted molar refractivity (Wildman–Crippen MR) is 160 cm³/mol. The molecule has 3 N–H and O–H groups in total. The number of primary amides is 1. The number of aryl methyl sites for hydroxylation is 1. The summed E-state index contributed by atoms with van der Waals surface area (Å²) in [6.07, 6.45) is 3.00. The molecule has 1 atom stereocenters. The quantitative estimate of drug-likeness (QED) is 0.282. The highest BCUT2D eigenvalue weighted by atomic mass is 32.2. The van der Waals surface area contributed by atoms with Crippen LogP contribution in [0.2, 0.25) is 0 Å². The van der Waals surface area contributed by atoms with E-state index in [4.69, 9.17) is 5.73 Å². The first-order valence-corrected chi connectivity index (χ1v) is 15.4. The van der Waals surface area contributed by atoms with E-state index in [0.717, 1.165) is 35.1 Å². The summed E-state index contributed by atoms with van der Waals surface area (Å²) >= 11 is 0. The van der Waals surface area contributed by atoms with Crippen molar-refractivity contribution in [2.24, 2.45) is 5.73 Å². The Kier molecular flexibility index (Phi) is 8.10. The number of fused-ring (bicyclic) bond motifs is 1. The number of aromatic nitrogens is 4. The Balaban J connectivity index is 1.88. The van der Waals surface area contributed by atoms with Gasteiger partial charge >= 0.3 is 5.69 Å². The highest BCUT2D eigenvalue weighted by Gasteiger charge is 2.34. The van der Waals surface area contributed by atoms with E-state index < -0.39 is 62.0 Å². The average molecular weight is 640 g/mol. The number of carbonyl (C=O) groups excluding carboxylic acids is 2. The van der Waals surface area contributed by atoms with Crippen LogP contribution in [0.25, 0.3) is 28.0 Å². The van der Waals surface area contributed by atoms with Gasteiger partial charge in [-0.05, 0) is 37.3 Å². The van der Waals surface area contributed by atoms with E-state index in [1.807, 2.05) is 0 Å². The minimum absolute atomic E-state index is 0.0168. The van der Waals surface area contributed by atoms with E-state index in [1.165, 1.54) is 35.1 Å². The SMILES string of the molecule is C=CC(=O)N1CCN(c2nc(=O)n(-c3c(S(C)(=O)=O)ccnc3C)c3nc(-c4c(O)cccc4F)c(F)cc23)C(CC(N)=O)C1. The number of nitrogens with two attached hydrogens (primary N) is 1. The molecular formula is C29H27F2N7O6S. The molecule has 234 valence electrons. The van der Waals surface area contributed by atoms with Gasteiger partial charge < -0.3 is 20.6 Å². The number of pyridine rings is 2. The summed E-state index contributed by atoms with van der Waals surface area (Å²) in [6, 6.07) is 4.61. The number of halogens is 2. The summed E-state index contributed by atoms with van der Waals surface area (Å²) in [5.41, 5.74) is 2.72. The molecule has 1 aliphatic rings. The molecule has 1 unspecified atom stereocenters. The minimum atomic E-state index is -3.98. The van der Waals surface area contributed by atoms with Gasteiger partial charge in [-0.15, -0.1) is 0 Å². The number of hydrogen-bond acceptors (Lipinski definition) is 10. The van der Waals surface area contributed by atoms with E-state index in [9.17, 15) is 32.3 Å². The Bertz CT molecular complexity index is 2050. The van der Waals surface area contributed by atoms with Crippen LogP contribution in [0.5, 0.6) is 5.75 Å². The zero-order valence-electron chi connectivity index (χ0n) is 24.1. The molecule has 0 bridgehead atoms. The molecule has 0 spiro atoms. The van der Waals surface area contributed by atoms with Crippen LogP contribution >= 0.6 is 0 Å². The molecule has 1 fully saturated rings. The first kappa shape index (κ1) is 31.2. The zero-order valence-corrected chi connectivity index (χ0v) is 24.9. The normalized spacial score (nSPS) is 15.3. The summed E-state index contributed by atoms with van der Waals surface area (Å²) in [5, 5.41) is 10.3. The Hall–Kier alpha value is -5.25. The third-order valence-corrected chi connectivity index (χ3v) is 8.53. The Morgan fingerprint density at radius 3 is 2.56 bits per heavy atom. The van der Waals surface area contributed by atoms with E-state index >= 15 is 4.39 Å². The van der Waals surface area contributed by atoms with Gasteiger partial charge in [0.1, 0.15) is 23.1 Å². The summed E-state index contributed by atoms with van der Waals surface area (Å²) in [5.74, 6) is -4.01. The summed E-state index contributed by atoms with van der Waals surface area (Å²) in [7, 11) is -3.98. The van der Waals surface area contributed by atoms with Gasteiger partial charge in [-0.1, -0.05) is 12.6 Å². The number of rotatable bonds is 7. The molecule has 16 heteroatoms. The Morgan fingerprint density at radius 2 is 1.91 bits per heavy atom. The lowest BCUT2D eigenvalue weighted by atomic mass is 10.1. The lowest BCUT2D eigenvalue weighted by Crippen LogP contribution is -2.56. The predicted octanol–water partition coefficient (Wildman–Crippen LogP) is 1.62. The smallest absolute Gasteiger partial charge is 0.355 e. The minimum Gasteiger partial charge on any atom is -0.507 e. The second-order valence-corrected chi connectivity index (χ2v) is 12.4. The first-order valence-electron chi connectivity index (χ1n) is 13.5. The highest BCUT2D eigenvalue weighted by Crippen LogP contribution is 2.37. The molecule has 13 nitrogen and oxygen atoms in total. The van der Waals surface area contributed by atoms with E-state index in [2.05, 4.69) is 21.5 Å². The highest BCUT2D eigenvalue weighted by molar-refractivity contribution is 7.90. The molecule has 0 aliphatic carbocycles. The molecule has 0 radical (unpaired) electrons. The van der Waals surface area contributed by atoms with Crippen LogP contribution in [0.4, 0.5) is 14.6 Å². The van der Waals surface area contributed by atoms with E-state index in [-0.39, 0.29) is 59.2 Å². The van der Waals surface area contributed by atoms with Crippen LogP contribution in [0.1, 0.15) is 12.1 Å².